The molecule has 0 saturated heterocycles. The maximum absolute atomic E-state index is 13.2. The van der Waals surface area contributed by atoms with Crippen molar-refractivity contribution in [3.8, 4) is 0 Å². The number of nitrogens with zero attached hydrogens (tertiary/aromatic N) is 1. The van der Waals surface area contributed by atoms with Crippen LogP contribution in [-0.4, -0.2) is 29.8 Å². The summed E-state index contributed by atoms with van der Waals surface area (Å²) in [7, 11) is 1.71. The van der Waals surface area contributed by atoms with Gasteiger partial charge in [-0.05, 0) is 31.5 Å². The number of fused-ring (bicyclic) bond motifs is 1. The van der Waals surface area contributed by atoms with Crippen LogP contribution in [0.4, 0.5) is 10.1 Å². The van der Waals surface area contributed by atoms with Crippen molar-refractivity contribution >= 4 is 17.5 Å². The van der Waals surface area contributed by atoms with Crippen molar-refractivity contribution in [1.82, 2.24) is 4.90 Å². The van der Waals surface area contributed by atoms with E-state index < -0.39 is 11.7 Å². The fourth-order valence-electron chi connectivity index (χ4n) is 2.16. The van der Waals surface area contributed by atoms with Crippen LogP contribution in [0.3, 0.4) is 0 Å². The van der Waals surface area contributed by atoms with Gasteiger partial charge in [-0.2, -0.15) is 0 Å². The molecule has 0 bridgehead atoms. The molecule has 2 amide bonds. The monoisotopic (exact) mass is 264 g/mol. The van der Waals surface area contributed by atoms with E-state index in [4.69, 9.17) is 0 Å². The molecule has 1 aromatic rings. The first-order valence-corrected chi connectivity index (χ1v) is 6.26. The molecule has 102 valence electrons. The Labute approximate surface area is 111 Å². The molecule has 1 aliphatic heterocycles. The van der Waals surface area contributed by atoms with E-state index in [0.29, 0.717) is 11.3 Å². The van der Waals surface area contributed by atoms with Crippen molar-refractivity contribution in [2.75, 3.05) is 12.4 Å². The Bertz CT molecular complexity index is 528. The van der Waals surface area contributed by atoms with Crippen LogP contribution in [0.2, 0.25) is 0 Å². The Morgan fingerprint density at radius 2 is 2.16 bits per heavy atom. The number of anilines is 1. The van der Waals surface area contributed by atoms with Gasteiger partial charge in [0.25, 0.3) is 0 Å². The van der Waals surface area contributed by atoms with Crippen molar-refractivity contribution < 1.29 is 14.0 Å². The zero-order valence-corrected chi connectivity index (χ0v) is 11.2. The summed E-state index contributed by atoms with van der Waals surface area (Å²) in [5.74, 6) is -1.33. The fourth-order valence-corrected chi connectivity index (χ4v) is 2.16. The number of nitrogens with one attached hydrogen (secondary N) is 1. The maximum atomic E-state index is 13.2. The van der Waals surface area contributed by atoms with Crippen molar-refractivity contribution in [3.05, 3.63) is 29.6 Å². The third-order valence-corrected chi connectivity index (χ3v) is 3.47. The van der Waals surface area contributed by atoms with E-state index in [1.165, 1.54) is 12.1 Å². The minimum atomic E-state index is -0.531. The average molecular weight is 264 g/mol. The first kappa shape index (κ1) is 13.5. The Morgan fingerprint density at radius 3 is 2.79 bits per heavy atom. The first-order valence-electron chi connectivity index (χ1n) is 6.26. The van der Waals surface area contributed by atoms with Crippen LogP contribution in [0.15, 0.2) is 18.2 Å². The molecule has 0 aliphatic carbocycles. The summed E-state index contributed by atoms with van der Waals surface area (Å²) in [6, 6.07) is 4.19. The lowest BCUT2D eigenvalue weighted by molar-refractivity contribution is -0.135. The van der Waals surface area contributed by atoms with Gasteiger partial charge in [0.05, 0.1) is 5.92 Å². The van der Waals surface area contributed by atoms with Crippen molar-refractivity contribution in [3.63, 3.8) is 0 Å². The Hall–Kier alpha value is -1.91. The fraction of sp³-hybridized carbons (Fsp3) is 0.429. The highest BCUT2D eigenvalue weighted by molar-refractivity contribution is 6.01. The summed E-state index contributed by atoms with van der Waals surface area (Å²) in [4.78, 5) is 25.6. The van der Waals surface area contributed by atoms with Crippen LogP contribution < -0.4 is 5.32 Å². The molecule has 0 saturated carbocycles. The molecule has 5 heteroatoms. The summed E-state index contributed by atoms with van der Waals surface area (Å²) < 4.78 is 13.2. The zero-order valence-electron chi connectivity index (χ0n) is 11.2. The minimum absolute atomic E-state index is 0.0568. The van der Waals surface area contributed by atoms with Gasteiger partial charge < -0.3 is 10.2 Å². The van der Waals surface area contributed by atoms with E-state index >= 15 is 0 Å². The smallest absolute Gasteiger partial charge is 0.230 e. The number of carbonyl (C=O) groups is 2. The Morgan fingerprint density at radius 1 is 1.47 bits per heavy atom. The van der Waals surface area contributed by atoms with E-state index in [1.807, 2.05) is 13.8 Å². The number of carbonyl (C=O) groups excluding carboxylic acids is 2. The van der Waals surface area contributed by atoms with Gasteiger partial charge in [-0.3, -0.25) is 9.59 Å². The van der Waals surface area contributed by atoms with E-state index in [2.05, 4.69) is 5.32 Å². The van der Waals surface area contributed by atoms with Crippen LogP contribution >= 0.6 is 0 Å². The second-order valence-electron chi connectivity index (χ2n) is 5.08. The molecule has 1 unspecified atom stereocenters. The molecule has 0 aromatic heterocycles. The van der Waals surface area contributed by atoms with Crippen LogP contribution in [0.5, 0.6) is 0 Å². The number of halogens is 1. The van der Waals surface area contributed by atoms with Gasteiger partial charge in [-0.25, -0.2) is 4.39 Å². The van der Waals surface area contributed by atoms with Gasteiger partial charge in [0, 0.05) is 25.2 Å². The largest absolute Gasteiger partial charge is 0.343 e. The van der Waals surface area contributed by atoms with Gasteiger partial charge in [0.2, 0.25) is 11.8 Å². The molecule has 0 spiro atoms. The molecular weight excluding hydrogens is 247 g/mol. The van der Waals surface area contributed by atoms with Gasteiger partial charge >= 0.3 is 0 Å². The van der Waals surface area contributed by atoms with E-state index in [1.54, 1.807) is 18.0 Å². The highest BCUT2D eigenvalue weighted by atomic mass is 19.1. The van der Waals surface area contributed by atoms with Crippen LogP contribution in [0.25, 0.3) is 0 Å². The van der Waals surface area contributed by atoms with E-state index in [-0.39, 0.29) is 24.3 Å². The van der Waals surface area contributed by atoms with E-state index in [0.717, 1.165) is 0 Å². The summed E-state index contributed by atoms with van der Waals surface area (Å²) >= 11 is 0. The van der Waals surface area contributed by atoms with Gasteiger partial charge in [-0.15, -0.1) is 0 Å². The number of hydrogen-bond donors (Lipinski definition) is 1. The highest BCUT2D eigenvalue weighted by Gasteiger charge is 2.33. The second kappa shape index (κ2) is 4.99. The molecule has 1 atom stereocenters. The van der Waals surface area contributed by atoms with Crippen molar-refractivity contribution in [2.45, 2.75) is 32.2 Å². The number of rotatable bonds is 2. The van der Waals surface area contributed by atoms with Crippen molar-refractivity contribution in [1.29, 1.82) is 0 Å². The molecule has 1 heterocycles. The standard InChI is InChI=1S/C14H17FN2O2/c1-8(2)17(3)14(19)11-7-13(18)16-12-6-9(15)4-5-10(11)12/h4-6,8,11H,7H2,1-3H3,(H,16,18). The van der Waals surface area contributed by atoms with Gasteiger partial charge in [-0.1, -0.05) is 6.07 Å². The lowest BCUT2D eigenvalue weighted by atomic mass is 9.89. The predicted molar refractivity (Wildman–Crippen MR) is 70.3 cm³/mol. The maximum Gasteiger partial charge on any atom is 0.230 e. The summed E-state index contributed by atoms with van der Waals surface area (Å²) in [5.41, 5.74) is 1.07. The molecule has 1 aromatic carbocycles. The molecule has 2 rings (SSSR count). The third-order valence-electron chi connectivity index (χ3n) is 3.47. The van der Waals surface area contributed by atoms with Gasteiger partial charge in [0.1, 0.15) is 5.82 Å². The second-order valence-corrected chi connectivity index (χ2v) is 5.08. The van der Waals surface area contributed by atoms with Crippen LogP contribution in [0, 0.1) is 5.82 Å². The number of likely N-dealkylation sites (N-methyl/N-ethyl adjacent to an activating group) is 1. The molecule has 1 N–H and O–H groups in total. The van der Waals surface area contributed by atoms with Crippen LogP contribution in [0.1, 0.15) is 31.7 Å². The molecule has 19 heavy (non-hydrogen) atoms. The molecule has 0 radical (unpaired) electrons. The van der Waals surface area contributed by atoms with Gasteiger partial charge in [0.15, 0.2) is 0 Å². The Balaban J connectivity index is 2.38. The molecule has 0 fully saturated rings. The predicted octanol–water partition coefficient (Wildman–Crippen LogP) is 2.12. The molecule has 4 nitrogen and oxygen atoms in total. The normalized spacial score (nSPS) is 17.9. The lowest BCUT2D eigenvalue weighted by Gasteiger charge is -2.30. The Kier molecular flexibility index (Phi) is 3.55. The number of hydrogen-bond acceptors (Lipinski definition) is 2. The van der Waals surface area contributed by atoms with Crippen molar-refractivity contribution in [2.24, 2.45) is 0 Å². The summed E-state index contributed by atoms with van der Waals surface area (Å²) in [6.07, 6.45) is 0.106. The highest BCUT2D eigenvalue weighted by Crippen LogP contribution is 2.34. The lowest BCUT2D eigenvalue weighted by Crippen LogP contribution is -2.39. The minimum Gasteiger partial charge on any atom is -0.343 e. The SMILES string of the molecule is CC(C)N(C)C(=O)C1CC(=O)Nc2cc(F)ccc21. The quantitative estimate of drug-likeness (QED) is 0.889. The van der Waals surface area contributed by atoms with E-state index in [9.17, 15) is 14.0 Å². The zero-order chi connectivity index (χ0) is 14.2. The summed E-state index contributed by atoms with van der Waals surface area (Å²) in [5, 5.41) is 2.60. The third kappa shape index (κ3) is 2.59. The average Bonchev–Trinajstić information content (AvgIpc) is 2.35. The number of amides is 2. The number of benzene rings is 1. The first-order chi connectivity index (χ1) is 8.90. The molecule has 1 aliphatic rings. The summed E-state index contributed by atoms with van der Waals surface area (Å²) in [6.45, 7) is 3.82. The van der Waals surface area contributed by atoms with Crippen LogP contribution in [-0.2, 0) is 9.59 Å². The molecular formula is C14H17FN2O2. The topological polar surface area (TPSA) is 49.4 Å².